The highest BCUT2D eigenvalue weighted by Crippen LogP contribution is 2.35. The van der Waals surface area contributed by atoms with Crippen molar-refractivity contribution in [1.82, 2.24) is 5.32 Å². The molecule has 0 saturated heterocycles. The Morgan fingerprint density at radius 1 is 0.766 bits per heavy atom. The van der Waals surface area contributed by atoms with Crippen molar-refractivity contribution in [2.24, 2.45) is 5.92 Å². The molecule has 1 amide bonds. The zero-order chi connectivity index (χ0) is 33.3. The average Bonchev–Trinajstić information content (AvgIpc) is 3.08. The van der Waals surface area contributed by atoms with E-state index in [4.69, 9.17) is 9.47 Å². The van der Waals surface area contributed by atoms with Crippen LogP contribution in [0.2, 0.25) is 0 Å². The highest BCUT2D eigenvalue weighted by atomic mass is 19.4. The van der Waals surface area contributed by atoms with E-state index in [2.05, 4.69) is 5.32 Å². The van der Waals surface area contributed by atoms with Gasteiger partial charge in [-0.05, 0) is 34.4 Å². The third-order valence-corrected chi connectivity index (χ3v) is 7.80. The van der Waals surface area contributed by atoms with E-state index in [1.54, 1.807) is 66.7 Å². The maximum absolute atomic E-state index is 14.1. The average molecular weight is 640 g/mol. The molecule has 5 rings (SSSR count). The van der Waals surface area contributed by atoms with Gasteiger partial charge in [0, 0.05) is 12.0 Å². The molecule has 0 fully saturated rings. The van der Waals surface area contributed by atoms with Crippen LogP contribution in [0.25, 0.3) is 11.1 Å². The maximum atomic E-state index is 14.1. The molecule has 0 bridgehead atoms. The van der Waals surface area contributed by atoms with Crippen LogP contribution in [0.3, 0.4) is 0 Å². The first-order chi connectivity index (χ1) is 22.6. The topological polar surface area (TPSA) is 81.7 Å². The number of amides is 1. The number of rotatable bonds is 11. The summed E-state index contributed by atoms with van der Waals surface area (Å²) < 4.78 is 52.6. The standard InChI is InChI=1S/C38H32F3NO5/c39-38(40,41)30-19-20-31(29-16-8-3-9-17-29)32(24-30)35(44)42-37(25-34(43)46-23-21-27-12-4-1-5-13-27)22-11-10-18-33(37)36(45)47-26-28-14-6-2-7-15-28/h1-20,22,24,33H,21,23,25-26H2,(H,42,44). The number of esters is 2. The van der Waals surface area contributed by atoms with E-state index >= 15 is 0 Å². The van der Waals surface area contributed by atoms with Crippen molar-refractivity contribution in [1.29, 1.82) is 0 Å². The molecule has 0 saturated carbocycles. The van der Waals surface area contributed by atoms with Crippen LogP contribution >= 0.6 is 0 Å². The van der Waals surface area contributed by atoms with Gasteiger partial charge in [-0.15, -0.1) is 0 Å². The van der Waals surface area contributed by atoms with Gasteiger partial charge >= 0.3 is 18.1 Å². The van der Waals surface area contributed by atoms with Gasteiger partial charge in [0.25, 0.3) is 5.91 Å². The Hall–Kier alpha value is -5.44. The summed E-state index contributed by atoms with van der Waals surface area (Å²) in [4.78, 5) is 41.0. The number of carbonyl (C=O) groups is 3. The first-order valence-corrected chi connectivity index (χ1v) is 15.0. The van der Waals surface area contributed by atoms with Gasteiger partial charge in [0.2, 0.25) is 0 Å². The second-order valence-electron chi connectivity index (χ2n) is 11.1. The number of alkyl halides is 3. The molecular formula is C38H32F3NO5. The number of carbonyl (C=O) groups excluding carboxylic acids is 3. The van der Waals surface area contributed by atoms with Crippen molar-refractivity contribution >= 4 is 17.8 Å². The molecule has 0 radical (unpaired) electrons. The van der Waals surface area contributed by atoms with Gasteiger partial charge in [0.15, 0.2) is 0 Å². The molecular weight excluding hydrogens is 607 g/mol. The van der Waals surface area contributed by atoms with Crippen LogP contribution in [0.5, 0.6) is 0 Å². The van der Waals surface area contributed by atoms with Crippen LogP contribution in [0.1, 0.15) is 33.5 Å². The summed E-state index contributed by atoms with van der Waals surface area (Å²) in [6, 6.07) is 29.8. The number of ether oxygens (including phenoxy) is 2. The lowest BCUT2D eigenvalue weighted by Crippen LogP contribution is -2.56. The molecule has 1 N–H and O–H groups in total. The Labute approximate surface area is 270 Å². The van der Waals surface area contributed by atoms with Crippen LogP contribution in [0.15, 0.2) is 133 Å². The molecule has 1 aliphatic rings. The van der Waals surface area contributed by atoms with Gasteiger partial charge < -0.3 is 14.8 Å². The molecule has 6 nitrogen and oxygen atoms in total. The van der Waals surface area contributed by atoms with E-state index in [1.807, 2.05) is 36.4 Å². The predicted molar refractivity (Wildman–Crippen MR) is 171 cm³/mol. The highest BCUT2D eigenvalue weighted by molar-refractivity contribution is 6.02. The van der Waals surface area contributed by atoms with E-state index in [1.165, 1.54) is 18.2 Å². The molecule has 0 spiro atoms. The first-order valence-electron chi connectivity index (χ1n) is 15.0. The normalized spacial score (nSPS) is 17.1. The fraction of sp³-hybridized carbons (Fsp3) is 0.184. The van der Waals surface area contributed by atoms with Gasteiger partial charge in [-0.3, -0.25) is 14.4 Å². The minimum atomic E-state index is -4.72. The van der Waals surface area contributed by atoms with Crippen molar-refractivity contribution in [2.45, 2.75) is 31.2 Å². The highest BCUT2D eigenvalue weighted by Gasteiger charge is 2.46. The van der Waals surface area contributed by atoms with Crippen LogP contribution in [0, 0.1) is 5.92 Å². The summed E-state index contributed by atoms with van der Waals surface area (Å²) in [5, 5.41) is 2.76. The molecule has 0 aromatic heterocycles. The van der Waals surface area contributed by atoms with Gasteiger partial charge in [0.05, 0.1) is 24.1 Å². The molecule has 9 heteroatoms. The monoisotopic (exact) mass is 639 g/mol. The molecule has 0 aliphatic heterocycles. The van der Waals surface area contributed by atoms with E-state index in [9.17, 15) is 27.6 Å². The summed E-state index contributed by atoms with van der Waals surface area (Å²) in [5.74, 6) is -3.56. The van der Waals surface area contributed by atoms with E-state index in [-0.39, 0.29) is 24.3 Å². The zero-order valence-corrected chi connectivity index (χ0v) is 25.3. The Morgan fingerprint density at radius 2 is 1.40 bits per heavy atom. The number of allylic oxidation sites excluding steroid dienone is 2. The Kier molecular flexibility index (Phi) is 10.3. The lowest BCUT2D eigenvalue weighted by molar-refractivity contribution is -0.152. The fourth-order valence-corrected chi connectivity index (χ4v) is 5.39. The number of nitrogens with one attached hydrogen (secondary N) is 1. The summed E-state index contributed by atoms with van der Waals surface area (Å²) in [6.07, 6.45) is 1.35. The minimum Gasteiger partial charge on any atom is -0.465 e. The van der Waals surface area contributed by atoms with Crippen molar-refractivity contribution in [2.75, 3.05) is 6.61 Å². The minimum absolute atomic E-state index is 0.0430. The van der Waals surface area contributed by atoms with E-state index < -0.39 is 47.5 Å². The van der Waals surface area contributed by atoms with Crippen molar-refractivity contribution in [3.05, 3.63) is 156 Å². The Balaban J connectivity index is 1.47. The SMILES string of the molecule is O=C(CC1(NC(=O)c2cc(C(F)(F)F)ccc2-c2ccccc2)C=CC=CC1C(=O)OCc1ccccc1)OCCc1ccccc1. The second-order valence-corrected chi connectivity index (χ2v) is 11.1. The molecule has 4 aromatic rings. The van der Waals surface area contributed by atoms with Gasteiger partial charge in [-0.1, -0.05) is 121 Å². The van der Waals surface area contributed by atoms with Crippen LogP contribution in [-0.4, -0.2) is 30.0 Å². The summed E-state index contributed by atoms with van der Waals surface area (Å²) >= 11 is 0. The number of halogens is 3. The largest absolute Gasteiger partial charge is 0.465 e. The molecule has 2 unspecified atom stereocenters. The van der Waals surface area contributed by atoms with Gasteiger partial charge in [-0.25, -0.2) is 0 Å². The van der Waals surface area contributed by atoms with Crippen LogP contribution in [0.4, 0.5) is 13.2 Å². The third-order valence-electron chi connectivity index (χ3n) is 7.80. The smallest absolute Gasteiger partial charge is 0.416 e. The lowest BCUT2D eigenvalue weighted by Gasteiger charge is -2.37. The van der Waals surface area contributed by atoms with E-state index in [0.717, 1.165) is 23.3 Å². The van der Waals surface area contributed by atoms with Gasteiger partial charge in [0.1, 0.15) is 12.5 Å². The number of hydrogen-bond donors (Lipinski definition) is 1. The van der Waals surface area contributed by atoms with Crippen molar-refractivity contribution in [3.8, 4) is 11.1 Å². The lowest BCUT2D eigenvalue weighted by atomic mass is 9.77. The van der Waals surface area contributed by atoms with Gasteiger partial charge in [-0.2, -0.15) is 13.2 Å². The Bertz CT molecular complexity index is 1750. The van der Waals surface area contributed by atoms with Crippen molar-refractivity contribution < 1.29 is 37.0 Å². The quantitative estimate of drug-likeness (QED) is 0.172. The number of benzene rings is 4. The van der Waals surface area contributed by atoms with E-state index in [0.29, 0.717) is 12.0 Å². The third kappa shape index (κ3) is 8.43. The molecule has 47 heavy (non-hydrogen) atoms. The van der Waals surface area contributed by atoms with Crippen molar-refractivity contribution in [3.63, 3.8) is 0 Å². The fourth-order valence-electron chi connectivity index (χ4n) is 5.39. The number of hydrogen-bond acceptors (Lipinski definition) is 5. The van der Waals surface area contributed by atoms with Crippen LogP contribution < -0.4 is 5.32 Å². The molecule has 1 aliphatic carbocycles. The summed E-state index contributed by atoms with van der Waals surface area (Å²) in [7, 11) is 0. The summed E-state index contributed by atoms with van der Waals surface area (Å²) in [6.45, 7) is -0.0214. The summed E-state index contributed by atoms with van der Waals surface area (Å²) in [5.41, 5.74) is -0.580. The van der Waals surface area contributed by atoms with Crippen LogP contribution in [-0.2, 0) is 38.3 Å². The predicted octanol–water partition coefficient (Wildman–Crippen LogP) is 7.50. The molecule has 0 heterocycles. The zero-order valence-electron chi connectivity index (χ0n) is 25.3. The maximum Gasteiger partial charge on any atom is 0.416 e. The molecule has 4 aromatic carbocycles. The molecule has 240 valence electrons. The second kappa shape index (κ2) is 14.8. The Morgan fingerprint density at radius 3 is 2.06 bits per heavy atom. The molecule has 2 atom stereocenters. The first kappa shape index (κ1) is 32.9.